The summed E-state index contributed by atoms with van der Waals surface area (Å²) in [7, 11) is 0. The van der Waals surface area contributed by atoms with Gasteiger partial charge in [0.25, 0.3) is 0 Å². The van der Waals surface area contributed by atoms with Crippen LogP contribution >= 0.6 is 0 Å². The zero-order chi connectivity index (χ0) is 28.3. The molecule has 0 atom stereocenters. The maximum absolute atomic E-state index is 16.1. The molecule has 0 aliphatic carbocycles. The van der Waals surface area contributed by atoms with E-state index in [9.17, 15) is 9.90 Å². The number of carbonyl (C=O) groups excluding carboxylic acids is 1. The number of ether oxygens (including phenoxy) is 3. The van der Waals surface area contributed by atoms with Crippen LogP contribution in [0.5, 0.6) is 17.2 Å². The Morgan fingerprint density at radius 2 is 1.74 bits per heavy atom. The third-order valence-corrected chi connectivity index (χ3v) is 6.81. The maximum atomic E-state index is 16.1. The lowest BCUT2D eigenvalue weighted by atomic mass is 9.85. The first-order valence-electron chi connectivity index (χ1n) is 13.4. The molecule has 2 aromatic carbocycles. The third-order valence-electron chi connectivity index (χ3n) is 6.81. The van der Waals surface area contributed by atoms with Gasteiger partial charge in [-0.3, -0.25) is 4.79 Å². The number of aliphatic hydroxyl groups is 1. The lowest BCUT2D eigenvalue weighted by Gasteiger charge is -2.35. The number of Topliss-reactive ketones (excluding diaryl/α,β-unsaturated/α-hetero) is 1. The molecule has 0 saturated carbocycles. The van der Waals surface area contributed by atoms with Crippen LogP contribution in [0.4, 0.5) is 4.39 Å². The smallest absolute Gasteiger partial charge is 0.197 e. The molecule has 0 amide bonds. The summed E-state index contributed by atoms with van der Waals surface area (Å²) in [6, 6.07) is 7.37. The largest absolute Gasteiger partial charge is 0.491 e. The van der Waals surface area contributed by atoms with Crippen molar-refractivity contribution in [1.29, 1.82) is 0 Å². The number of allylic oxidation sites excluding steroid dienone is 1. The summed E-state index contributed by atoms with van der Waals surface area (Å²) in [6.45, 7) is 16.6. The van der Waals surface area contributed by atoms with Crippen molar-refractivity contribution in [2.75, 3.05) is 33.0 Å². The molecule has 208 valence electrons. The highest BCUT2D eigenvalue weighted by molar-refractivity contribution is 5.99. The third kappa shape index (κ3) is 5.83. The summed E-state index contributed by atoms with van der Waals surface area (Å²) in [4.78, 5) is 15.8. The van der Waals surface area contributed by atoms with E-state index in [1.54, 1.807) is 6.07 Å². The van der Waals surface area contributed by atoms with Crippen molar-refractivity contribution in [1.82, 2.24) is 4.90 Å². The quantitative estimate of drug-likeness (QED) is 0.338. The number of carbonyl (C=O) groups is 1. The Morgan fingerprint density at radius 3 is 2.32 bits per heavy atom. The minimum absolute atomic E-state index is 0.0495. The zero-order valence-electron chi connectivity index (χ0n) is 24.0. The summed E-state index contributed by atoms with van der Waals surface area (Å²) in [5, 5.41) is 9.22. The summed E-state index contributed by atoms with van der Waals surface area (Å²) in [6.07, 6.45) is 2.63. The van der Waals surface area contributed by atoms with Crippen molar-refractivity contribution in [2.24, 2.45) is 0 Å². The monoisotopic (exact) mass is 527 g/mol. The molecular formula is C31H42FNO5. The molecule has 7 heteroatoms. The fourth-order valence-electron chi connectivity index (χ4n) is 4.83. The summed E-state index contributed by atoms with van der Waals surface area (Å²) < 4.78 is 33.2. The van der Waals surface area contributed by atoms with E-state index in [0.29, 0.717) is 48.0 Å². The first-order valence-corrected chi connectivity index (χ1v) is 13.4. The van der Waals surface area contributed by atoms with Crippen LogP contribution in [-0.2, 0) is 11.0 Å². The average molecular weight is 528 g/mol. The number of hydrogen-bond donors (Lipinski definition) is 1. The van der Waals surface area contributed by atoms with Crippen LogP contribution in [0.3, 0.4) is 0 Å². The van der Waals surface area contributed by atoms with Crippen LogP contribution in [0.25, 0.3) is 5.70 Å². The number of hydrogen-bond acceptors (Lipinski definition) is 6. The second-order valence-electron chi connectivity index (χ2n) is 10.9. The van der Waals surface area contributed by atoms with Gasteiger partial charge in [-0.05, 0) is 74.9 Å². The highest BCUT2D eigenvalue weighted by Crippen LogP contribution is 2.51. The van der Waals surface area contributed by atoms with E-state index in [1.165, 1.54) is 0 Å². The van der Waals surface area contributed by atoms with Crippen LogP contribution < -0.4 is 14.2 Å². The average Bonchev–Trinajstić information content (AvgIpc) is 3.06. The standard InChI is InChI=1S/C31H42FNO5/c1-9-12-24-27-23(18-26(36-10-2)29(28(27)32)37-11-3)31(7,8)33(24)19-25(35)20-15-21(30(4,5)6)17-22(16-20)38-14-13-34/h12,15-18,34H,9-11,13-14,19H2,1-8H3. The highest BCUT2D eigenvalue weighted by atomic mass is 19.1. The van der Waals surface area contributed by atoms with E-state index >= 15 is 4.39 Å². The van der Waals surface area contributed by atoms with Crippen LogP contribution in [0.15, 0.2) is 30.3 Å². The Kier molecular flexibility index (Phi) is 9.13. The second-order valence-corrected chi connectivity index (χ2v) is 10.9. The fraction of sp³-hybridized carbons (Fsp3) is 0.516. The van der Waals surface area contributed by atoms with Crippen LogP contribution in [0, 0.1) is 5.82 Å². The molecule has 38 heavy (non-hydrogen) atoms. The van der Waals surface area contributed by atoms with Crippen LogP contribution in [-0.4, -0.2) is 48.8 Å². The predicted molar refractivity (Wildman–Crippen MR) is 149 cm³/mol. The van der Waals surface area contributed by atoms with Crippen LogP contribution in [0.1, 0.15) is 88.9 Å². The first kappa shape index (κ1) is 29.5. The number of fused-ring (bicyclic) bond motifs is 1. The van der Waals surface area contributed by atoms with Crippen molar-refractivity contribution in [3.05, 3.63) is 58.4 Å². The van der Waals surface area contributed by atoms with Crippen molar-refractivity contribution < 1.29 is 28.5 Å². The molecule has 0 saturated heterocycles. The van der Waals surface area contributed by atoms with Gasteiger partial charge in [0, 0.05) is 16.8 Å². The lowest BCUT2D eigenvalue weighted by Crippen LogP contribution is -2.38. The minimum Gasteiger partial charge on any atom is -0.491 e. The normalized spacial score (nSPS) is 15.5. The van der Waals surface area contributed by atoms with Gasteiger partial charge in [-0.15, -0.1) is 0 Å². The van der Waals surface area contributed by atoms with Gasteiger partial charge in [-0.25, -0.2) is 4.39 Å². The molecule has 1 aliphatic heterocycles. The Labute approximate surface area is 226 Å². The molecule has 1 aliphatic rings. The topological polar surface area (TPSA) is 68.2 Å². The SMILES string of the molecule is CCC=C1c2c(cc(OCC)c(OCC)c2F)C(C)(C)N1CC(=O)c1cc(OCCO)cc(C(C)(C)C)c1. The molecule has 0 fully saturated rings. The number of halogens is 1. The molecule has 0 unspecified atom stereocenters. The molecule has 0 spiro atoms. The van der Waals surface area contributed by atoms with Gasteiger partial charge in [0.15, 0.2) is 23.1 Å². The van der Waals surface area contributed by atoms with Gasteiger partial charge in [-0.1, -0.05) is 33.8 Å². The van der Waals surface area contributed by atoms with E-state index in [4.69, 9.17) is 14.2 Å². The molecule has 0 aromatic heterocycles. The molecule has 0 bridgehead atoms. The highest BCUT2D eigenvalue weighted by Gasteiger charge is 2.44. The molecule has 2 aromatic rings. The number of benzene rings is 2. The number of ketones is 1. The van der Waals surface area contributed by atoms with E-state index in [-0.39, 0.29) is 36.7 Å². The second kappa shape index (κ2) is 11.8. The minimum atomic E-state index is -0.679. The summed E-state index contributed by atoms with van der Waals surface area (Å²) in [5.74, 6) is 0.430. The van der Waals surface area contributed by atoms with Gasteiger partial charge in [0.2, 0.25) is 0 Å². The van der Waals surface area contributed by atoms with Crippen molar-refractivity contribution in [2.45, 2.75) is 72.8 Å². The van der Waals surface area contributed by atoms with Gasteiger partial charge in [0.1, 0.15) is 12.4 Å². The fourth-order valence-corrected chi connectivity index (χ4v) is 4.83. The Balaban J connectivity index is 2.09. The van der Waals surface area contributed by atoms with E-state index < -0.39 is 11.4 Å². The number of rotatable bonds is 11. The number of nitrogens with zero attached hydrogens (tertiary/aromatic N) is 1. The molecule has 3 rings (SSSR count). The van der Waals surface area contributed by atoms with E-state index in [0.717, 1.165) is 11.1 Å². The summed E-state index contributed by atoms with van der Waals surface area (Å²) >= 11 is 0. The lowest BCUT2D eigenvalue weighted by molar-refractivity contribution is 0.0911. The first-order chi connectivity index (χ1) is 17.9. The van der Waals surface area contributed by atoms with Crippen molar-refractivity contribution in [3.8, 4) is 17.2 Å². The van der Waals surface area contributed by atoms with Crippen LogP contribution in [0.2, 0.25) is 0 Å². The zero-order valence-corrected chi connectivity index (χ0v) is 24.0. The maximum Gasteiger partial charge on any atom is 0.197 e. The summed E-state index contributed by atoms with van der Waals surface area (Å²) in [5.41, 5.74) is 2.46. The van der Waals surface area contributed by atoms with Gasteiger partial charge < -0.3 is 24.2 Å². The van der Waals surface area contributed by atoms with E-state index in [1.807, 2.05) is 63.8 Å². The van der Waals surface area contributed by atoms with Crippen molar-refractivity contribution >= 4 is 11.5 Å². The predicted octanol–water partition coefficient (Wildman–Crippen LogP) is 6.48. The van der Waals surface area contributed by atoms with E-state index in [2.05, 4.69) is 20.8 Å². The Bertz CT molecular complexity index is 1200. The molecular weight excluding hydrogens is 485 g/mol. The number of aliphatic hydroxyl groups excluding tert-OH is 1. The molecule has 0 radical (unpaired) electrons. The van der Waals surface area contributed by atoms with Gasteiger partial charge in [0.05, 0.1) is 31.9 Å². The molecule has 1 N–H and O–H groups in total. The van der Waals surface area contributed by atoms with Crippen molar-refractivity contribution in [3.63, 3.8) is 0 Å². The van der Waals surface area contributed by atoms with Gasteiger partial charge >= 0.3 is 0 Å². The Morgan fingerprint density at radius 1 is 1.05 bits per heavy atom. The molecule has 6 nitrogen and oxygen atoms in total. The molecule has 1 heterocycles. The van der Waals surface area contributed by atoms with Gasteiger partial charge in [-0.2, -0.15) is 0 Å². The Hall–Kier alpha value is -3.06.